The molecule has 0 saturated heterocycles. The van der Waals surface area contributed by atoms with Crippen molar-refractivity contribution < 1.29 is 23.7 Å². The van der Waals surface area contributed by atoms with Gasteiger partial charge in [0, 0.05) is 24.0 Å². The van der Waals surface area contributed by atoms with Gasteiger partial charge in [-0.15, -0.1) is 0 Å². The minimum Gasteiger partial charge on any atom is -0.497 e. The number of aromatic nitrogens is 1. The van der Waals surface area contributed by atoms with Crippen LogP contribution in [0, 0.1) is 0 Å². The number of amides is 1. The maximum absolute atomic E-state index is 12.7. The number of pyridine rings is 1. The van der Waals surface area contributed by atoms with Gasteiger partial charge in [0.2, 0.25) is 6.79 Å². The van der Waals surface area contributed by atoms with Gasteiger partial charge in [-0.25, -0.2) is 0 Å². The Bertz CT molecular complexity index is 1050. The number of rotatable bonds is 6. The highest BCUT2D eigenvalue weighted by Crippen LogP contribution is 2.35. The van der Waals surface area contributed by atoms with Gasteiger partial charge in [0.05, 0.1) is 37.4 Å². The average molecular weight is 393 g/mol. The van der Waals surface area contributed by atoms with Gasteiger partial charge in [0.15, 0.2) is 11.5 Å². The van der Waals surface area contributed by atoms with Crippen molar-refractivity contribution in [3.8, 4) is 23.0 Å². The van der Waals surface area contributed by atoms with Gasteiger partial charge in [-0.1, -0.05) is 0 Å². The number of anilines is 3. The second-order valence-corrected chi connectivity index (χ2v) is 6.18. The molecule has 0 radical (unpaired) electrons. The third kappa shape index (κ3) is 4.01. The van der Waals surface area contributed by atoms with E-state index in [9.17, 15) is 4.79 Å². The topological polar surface area (TPSA) is 90.9 Å². The van der Waals surface area contributed by atoms with Crippen molar-refractivity contribution in [2.75, 3.05) is 31.6 Å². The fourth-order valence-electron chi connectivity index (χ4n) is 2.87. The summed E-state index contributed by atoms with van der Waals surface area (Å²) in [5.41, 5.74) is 2.39. The Balaban J connectivity index is 1.50. The highest BCUT2D eigenvalue weighted by molar-refractivity contribution is 6.05. The first kappa shape index (κ1) is 18.4. The van der Waals surface area contributed by atoms with E-state index in [0.29, 0.717) is 39.9 Å². The third-order valence-corrected chi connectivity index (χ3v) is 4.32. The number of hydrogen-bond donors (Lipinski definition) is 2. The zero-order valence-corrected chi connectivity index (χ0v) is 15.9. The van der Waals surface area contributed by atoms with Crippen LogP contribution in [0.2, 0.25) is 0 Å². The summed E-state index contributed by atoms with van der Waals surface area (Å²) < 4.78 is 21.2. The summed E-state index contributed by atoms with van der Waals surface area (Å²) in [6.45, 7) is 0.213. The number of hydrogen-bond acceptors (Lipinski definition) is 7. The lowest BCUT2D eigenvalue weighted by Gasteiger charge is -2.12. The van der Waals surface area contributed by atoms with Gasteiger partial charge in [-0.3, -0.25) is 9.78 Å². The van der Waals surface area contributed by atoms with Gasteiger partial charge < -0.3 is 29.6 Å². The van der Waals surface area contributed by atoms with Crippen molar-refractivity contribution in [1.82, 2.24) is 4.98 Å². The lowest BCUT2D eigenvalue weighted by molar-refractivity contribution is 0.102. The van der Waals surface area contributed by atoms with Crippen molar-refractivity contribution in [3.63, 3.8) is 0 Å². The molecule has 0 atom stereocenters. The summed E-state index contributed by atoms with van der Waals surface area (Å²) in [4.78, 5) is 16.8. The predicted octanol–water partition coefficient (Wildman–Crippen LogP) is 3.82. The maximum atomic E-state index is 12.7. The molecule has 0 fully saturated rings. The van der Waals surface area contributed by atoms with Crippen molar-refractivity contribution in [3.05, 3.63) is 60.4 Å². The van der Waals surface area contributed by atoms with E-state index in [2.05, 4.69) is 15.6 Å². The standard InChI is InChI=1S/C21H19N3O5/c1-26-16-4-5-17(19(9-16)27-2)24-21(25)13-7-15(11-22-10-13)23-14-3-6-18-20(8-14)29-12-28-18/h3-11,23H,12H2,1-2H3,(H,24,25). The van der Waals surface area contributed by atoms with Crippen LogP contribution in [0.25, 0.3) is 0 Å². The first-order chi connectivity index (χ1) is 14.2. The number of nitrogens with zero attached hydrogens (tertiary/aromatic N) is 1. The number of nitrogens with one attached hydrogen (secondary N) is 2. The molecule has 3 aromatic rings. The van der Waals surface area contributed by atoms with Crippen LogP contribution in [0.3, 0.4) is 0 Å². The smallest absolute Gasteiger partial charge is 0.257 e. The molecule has 8 nitrogen and oxygen atoms in total. The second kappa shape index (κ2) is 7.97. The van der Waals surface area contributed by atoms with E-state index in [4.69, 9.17) is 18.9 Å². The summed E-state index contributed by atoms with van der Waals surface area (Å²) in [6.07, 6.45) is 3.13. The minimum absolute atomic E-state index is 0.213. The fraction of sp³-hybridized carbons (Fsp3) is 0.143. The van der Waals surface area contributed by atoms with E-state index in [0.717, 1.165) is 5.69 Å². The molecule has 1 aliphatic rings. The largest absolute Gasteiger partial charge is 0.497 e. The molecule has 2 aromatic carbocycles. The molecule has 0 saturated carbocycles. The molecule has 0 spiro atoms. The number of carbonyl (C=O) groups is 1. The van der Waals surface area contributed by atoms with Crippen LogP contribution in [0.15, 0.2) is 54.9 Å². The zero-order chi connectivity index (χ0) is 20.2. The van der Waals surface area contributed by atoms with Crippen molar-refractivity contribution in [2.45, 2.75) is 0 Å². The molecule has 1 aliphatic heterocycles. The Morgan fingerprint density at radius 3 is 2.66 bits per heavy atom. The molecule has 2 N–H and O–H groups in total. The molecule has 1 aromatic heterocycles. The van der Waals surface area contributed by atoms with E-state index >= 15 is 0 Å². The molecule has 148 valence electrons. The first-order valence-corrected chi connectivity index (χ1v) is 8.81. The van der Waals surface area contributed by atoms with E-state index in [1.165, 1.54) is 13.3 Å². The predicted molar refractivity (Wildman–Crippen MR) is 108 cm³/mol. The van der Waals surface area contributed by atoms with E-state index in [-0.39, 0.29) is 12.7 Å². The molecule has 0 bridgehead atoms. The number of ether oxygens (including phenoxy) is 4. The quantitative estimate of drug-likeness (QED) is 0.658. The van der Waals surface area contributed by atoms with Crippen molar-refractivity contribution in [2.24, 2.45) is 0 Å². The summed E-state index contributed by atoms with van der Waals surface area (Å²) >= 11 is 0. The molecule has 0 aliphatic carbocycles. The Labute approximate surface area is 167 Å². The van der Waals surface area contributed by atoms with Crippen LogP contribution in [0.5, 0.6) is 23.0 Å². The Hall–Kier alpha value is -3.94. The summed E-state index contributed by atoms with van der Waals surface area (Å²) in [5, 5.41) is 6.04. The molecule has 2 heterocycles. The van der Waals surface area contributed by atoms with Gasteiger partial charge in [-0.05, 0) is 30.3 Å². The van der Waals surface area contributed by atoms with Gasteiger partial charge in [-0.2, -0.15) is 0 Å². The van der Waals surface area contributed by atoms with Crippen LogP contribution in [-0.2, 0) is 0 Å². The molecule has 29 heavy (non-hydrogen) atoms. The number of methoxy groups -OCH3 is 2. The lowest BCUT2D eigenvalue weighted by atomic mass is 10.2. The minimum atomic E-state index is -0.310. The monoisotopic (exact) mass is 393 g/mol. The normalized spacial score (nSPS) is 11.7. The highest BCUT2D eigenvalue weighted by Gasteiger charge is 2.14. The summed E-state index contributed by atoms with van der Waals surface area (Å²) in [5.74, 6) is 2.20. The zero-order valence-electron chi connectivity index (χ0n) is 15.9. The molecule has 0 unspecified atom stereocenters. The SMILES string of the molecule is COc1ccc(NC(=O)c2cncc(Nc3ccc4c(c3)OCO4)c2)c(OC)c1. The summed E-state index contributed by atoms with van der Waals surface area (Å²) in [7, 11) is 3.10. The van der Waals surface area contributed by atoms with Crippen molar-refractivity contribution in [1.29, 1.82) is 0 Å². The molecule has 8 heteroatoms. The third-order valence-electron chi connectivity index (χ3n) is 4.32. The van der Waals surface area contributed by atoms with Gasteiger partial charge in [0.1, 0.15) is 11.5 Å². The number of benzene rings is 2. The van der Waals surface area contributed by atoms with Gasteiger partial charge in [0.25, 0.3) is 5.91 Å². The Morgan fingerprint density at radius 2 is 1.83 bits per heavy atom. The van der Waals surface area contributed by atoms with Gasteiger partial charge >= 0.3 is 0 Å². The molecular formula is C21H19N3O5. The van der Waals surface area contributed by atoms with E-state index in [1.54, 1.807) is 37.6 Å². The second-order valence-electron chi connectivity index (χ2n) is 6.18. The molecule has 1 amide bonds. The number of fused-ring (bicyclic) bond motifs is 1. The van der Waals surface area contributed by atoms with Crippen LogP contribution in [0.1, 0.15) is 10.4 Å². The lowest BCUT2D eigenvalue weighted by Crippen LogP contribution is -2.13. The van der Waals surface area contributed by atoms with E-state index < -0.39 is 0 Å². The van der Waals surface area contributed by atoms with Crippen LogP contribution in [0.4, 0.5) is 17.1 Å². The summed E-state index contributed by atoms with van der Waals surface area (Å²) in [6, 6.07) is 12.4. The fourth-order valence-corrected chi connectivity index (χ4v) is 2.87. The molecular weight excluding hydrogens is 374 g/mol. The van der Waals surface area contributed by atoms with E-state index in [1.807, 2.05) is 18.2 Å². The highest BCUT2D eigenvalue weighted by atomic mass is 16.7. The Kier molecular flexibility index (Phi) is 5.07. The average Bonchev–Trinajstić information content (AvgIpc) is 3.22. The first-order valence-electron chi connectivity index (χ1n) is 8.81. The van der Waals surface area contributed by atoms with Crippen molar-refractivity contribution >= 4 is 23.0 Å². The van der Waals surface area contributed by atoms with Crippen LogP contribution in [-0.4, -0.2) is 31.9 Å². The maximum Gasteiger partial charge on any atom is 0.257 e. The molecule has 4 rings (SSSR count). The Morgan fingerprint density at radius 1 is 0.966 bits per heavy atom. The van der Waals surface area contributed by atoms with Crippen LogP contribution < -0.4 is 29.6 Å². The van der Waals surface area contributed by atoms with Crippen LogP contribution >= 0.6 is 0 Å². The number of carbonyl (C=O) groups excluding carboxylic acids is 1.